The first-order valence-electron chi connectivity index (χ1n) is 4.80. The molecule has 0 aliphatic carbocycles. The van der Waals surface area contributed by atoms with Crippen LogP contribution in [0.3, 0.4) is 0 Å². The van der Waals surface area contributed by atoms with Crippen molar-refractivity contribution in [1.82, 2.24) is 19.9 Å². The number of nitrogens with two attached hydrogens (primary N) is 1. The molecule has 8 nitrogen and oxygen atoms in total. The number of nitrogens with zero attached hydrogens (tertiary/aromatic N) is 5. The molecule has 0 aliphatic heterocycles. The molecular weight excluding hydrogens is 256 g/mol. The van der Waals surface area contributed by atoms with E-state index in [1.54, 1.807) is 19.2 Å². The van der Waals surface area contributed by atoms with Gasteiger partial charge in [0.1, 0.15) is 6.33 Å². The van der Waals surface area contributed by atoms with Crippen LogP contribution in [0.2, 0.25) is 0 Å². The smallest absolute Gasteiger partial charge is 0.343 e. The summed E-state index contributed by atoms with van der Waals surface area (Å²) in [6.07, 6.45) is 2.74. The predicted octanol–water partition coefficient (Wildman–Crippen LogP) is 1.22. The van der Waals surface area contributed by atoms with Crippen LogP contribution in [0.15, 0.2) is 28.8 Å². The summed E-state index contributed by atoms with van der Waals surface area (Å²) in [5, 5.41) is 11.4. The molecule has 2 heterocycles. The van der Waals surface area contributed by atoms with Crippen molar-refractivity contribution in [2.24, 2.45) is 0 Å². The Morgan fingerprint density at radius 2 is 2.17 bits per heavy atom. The monoisotopic (exact) mass is 264 g/mol. The third kappa shape index (κ3) is 2.51. The largest absolute Gasteiger partial charge is 0.378 e. The zero-order chi connectivity index (χ0) is 13.1. The highest BCUT2D eigenvalue weighted by Crippen LogP contribution is 2.33. The normalized spacial score (nSPS) is 10.3. The van der Waals surface area contributed by atoms with Crippen LogP contribution >= 0.6 is 11.8 Å². The van der Waals surface area contributed by atoms with Crippen molar-refractivity contribution in [3.8, 4) is 0 Å². The van der Waals surface area contributed by atoms with Gasteiger partial charge >= 0.3 is 5.69 Å². The Labute approximate surface area is 106 Å². The first kappa shape index (κ1) is 12.2. The Balaban J connectivity index is 2.40. The molecule has 18 heavy (non-hydrogen) atoms. The molecule has 0 atom stereocenters. The van der Waals surface area contributed by atoms with Crippen molar-refractivity contribution in [1.29, 1.82) is 0 Å². The second-order valence-electron chi connectivity index (χ2n) is 3.25. The van der Waals surface area contributed by atoms with E-state index in [9.17, 15) is 10.1 Å². The number of aromatic nitrogens is 4. The summed E-state index contributed by atoms with van der Waals surface area (Å²) < 4.78 is 0. The van der Waals surface area contributed by atoms with Crippen molar-refractivity contribution in [3.05, 3.63) is 34.4 Å². The molecule has 2 aromatic rings. The maximum absolute atomic E-state index is 10.9. The summed E-state index contributed by atoms with van der Waals surface area (Å²) in [7, 11) is 0. The fourth-order valence-corrected chi connectivity index (χ4v) is 2.03. The Morgan fingerprint density at radius 3 is 2.83 bits per heavy atom. The van der Waals surface area contributed by atoms with Crippen molar-refractivity contribution in [3.63, 3.8) is 0 Å². The number of rotatable bonds is 3. The van der Waals surface area contributed by atoms with Crippen LogP contribution in [0.25, 0.3) is 0 Å². The average molecular weight is 264 g/mol. The minimum absolute atomic E-state index is 0.123. The van der Waals surface area contributed by atoms with Gasteiger partial charge in [-0.15, -0.1) is 0 Å². The van der Waals surface area contributed by atoms with Crippen LogP contribution < -0.4 is 5.73 Å². The molecule has 0 amide bonds. The van der Waals surface area contributed by atoms with Crippen molar-refractivity contribution in [2.45, 2.75) is 17.1 Å². The molecule has 0 saturated heterocycles. The van der Waals surface area contributed by atoms with Gasteiger partial charge in [0.2, 0.25) is 5.82 Å². The SMILES string of the molecule is Cc1ccnc(Sc2ncnc(N)c2[N+](=O)[O-])n1. The third-order valence-electron chi connectivity index (χ3n) is 1.96. The van der Waals surface area contributed by atoms with Crippen LogP contribution in [-0.4, -0.2) is 24.9 Å². The van der Waals surface area contributed by atoms with E-state index >= 15 is 0 Å². The second-order valence-corrected chi connectivity index (χ2v) is 4.21. The van der Waals surface area contributed by atoms with Gasteiger partial charge in [-0.25, -0.2) is 19.9 Å². The van der Waals surface area contributed by atoms with Gasteiger partial charge in [-0.05, 0) is 24.8 Å². The van der Waals surface area contributed by atoms with Gasteiger partial charge in [0, 0.05) is 11.9 Å². The topological polar surface area (TPSA) is 121 Å². The maximum atomic E-state index is 10.9. The molecule has 0 spiro atoms. The molecule has 0 fully saturated rings. The zero-order valence-electron chi connectivity index (χ0n) is 9.27. The number of hydrogen-bond acceptors (Lipinski definition) is 8. The fraction of sp³-hybridized carbons (Fsp3) is 0.111. The lowest BCUT2D eigenvalue weighted by Crippen LogP contribution is -2.02. The van der Waals surface area contributed by atoms with Crippen LogP contribution in [0.5, 0.6) is 0 Å². The number of nitro groups is 1. The first-order chi connectivity index (χ1) is 8.58. The van der Waals surface area contributed by atoms with E-state index in [1.807, 2.05) is 0 Å². The Bertz CT molecular complexity index is 605. The molecule has 9 heteroatoms. The van der Waals surface area contributed by atoms with Crippen molar-refractivity contribution < 1.29 is 4.92 Å². The van der Waals surface area contributed by atoms with Crippen LogP contribution in [0, 0.1) is 17.0 Å². The lowest BCUT2D eigenvalue weighted by atomic mass is 10.5. The van der Waals surface area contributed by atoms with Gasteiger partial charge in [0.05, 0.1) is 4.92 Å². The van der Waals surface area contributed by atoms with Crippen LogP contribution in [-0.2, 0) is 0 Å². The minimum atomic E-state index is -0.618. The first-order valence-corrected chi connectivity index (χ1v) is 5.62. The van der Waals surface area contributed by atoms with Gasteiger partial charge in [0.15, 0.2) is 10.2 Å². The van der Waals surface area contributed by atoms with Crippen LogP contribution in [0.4, 0.5) is 11.5 Å². The number of aryl methyl sites for hydroxylation is 1. The van der Waals surface area contributed by atoms with Gasteiger partial charge in [-0.1, -0.05) is 0 Å². The molecule has 92 valence electrons. The Kier molecular flexibility index (Phi) is 3.33. The molecule has 2 N–H and O–H groups in total. The van der Waals surface area contributed by atoms with Crippen molar-refractivity contribution in [2.75, 3.05) is 5.73 Å². The predicted molar refractivity (Wildman–Crippen MR) is 64.0 cm³/mol. The van der Waals surface area contributed by atoms with Gasteiger partial charge in [0.25, 0.3) is 0 Å². The average Bonchev–Trinajstić information content (AvgIpc) is 2.28. The molecule has 0 aliphatic rings. The molecular formula is C9H8N6O2S. The quantitative estimate of drug-likeness (QED) is 0.380. The van der Waals surface area contributed by atoms with Crippen LogP contribution in [0.1, 0.15) is 5.69 Å². The summed E-state index contributed by atoms with van der Waals surface area (Å²) in [5.41, 5.74) is 5.89. The third-order valence-corrected chi connectivity index (χ3v) is 2.83. The van der Waals surface area contributed by atoms with Gasteiger partial charge in [-0.3, -0.25) is 10.1 Å². The summed E-state index contributed by atoms with van der Waals surface area (Å²) >= 11 is 0.976. The highest BCUT2D eigenvalue weighted by molar-refractivity contribution is 7.99. The second kappa shape index (κ2) is 4.92. The summed E-state index contributed by atoms with van der Waals surface area (Å²) in [5.74, 6) is -0.176. The Morgan fingerprint density at radius 1 is 1.39 bits per heavy atom. The van der Waals surface area contributed by atoms with E-state index < -0.39 is 4.92 Å². The number of nitrogen functional groups attached to an aromatic ring is 1. The highest BCUT2D eigenvalue weighted by atomic mass is 32.2. The molecule has 0 saturated carbocycles. The lowest BCUT2D eigenvalue weighted by Gasteiger charge is -2.02. The summed E-state index contributed by atoms with van der Waals surface area (Å²) in [6.45, 7) is 1.80. The maximum Gasteiger partial charge on any atom is 0.343 e. The molecule has 2 rings (SSSR count). The Hall–Kier alpha value is -2.29. The summed E-state index contributed by atoms with van der Waals surface area (Å²) in [4.78, 5) is 25.8. The van der Waals surface area contributed by atoms with Gasteiger partial charge in [-0.2, -0.15) is 0 Å². The number of hydrogen-bond donors (Lipinski definition) is 1. The van der Waals surface area contributed by atoms with E-state index in [0.717, 1.165) is 17.5 Å². The number of anilines is 1. The van der Waals surface area contributed by atoms with E-state index in [2.05, 4.69) is 19.9 Å². The lowest BCUT2D eigenvalue weighted by molar-refractivity contribution is -0.387. The molecule has 2 aromatic heterocycles. The highest BCUT2D eigenvalue weighted by Gasteiger charge is 2.22. The van der Waals surface area contributed by atoms with E-state index in [0.29, 0.717) is 5.16 Å². The minimum Gasteiger partial charge on any atom is -0.378 e. The molecule has 0 unspecified atom stereocenters. The zero-order valence-corrected chi connectivity index (χ0v) is 10.1. The van der Waals surface area contributed by atoms with Gasteiger partial charge < -0.3 is 5.73 Å². The fourth-order valence-electron chi connectivity index (χ4n) is 1.18. The standard InChI is InChI=1S/C9H8N6O2S/c1-5-2-3-11-9(14-5)18-8-6(15(16)17)7(10)12-4-13-8/h2-4H,1H3,(H2,10,12,13). The summed E-state index contributed by atoms with van der Waals surface area (Å²) in [6, 6.07) is 1.73. The van der Waals surface area contributed by atoms with E-state index in [1.165, 1.54) is 6.33 Å². The molecule has 0 radical (unpaired) electrons. The van der Waals surface area contributed by atoms with Crippen molar-refractivity contribution >= 4 is 23.3 Å². The van der Waals surface area contributed by atoms with E-state index in [4.69, 9.17) is 5.73 Å². The molecule has 0 bridgehead atoms. The molecule has 0 aromatic carbocycles. The van der Waals surface area contributed by atoms with E-state index in [-0.39, 0.29) is 16.5 Å².